The van der Waals surface area contributed by atoms with Crippen molar-refractivity contribution in [1.29, 1.82) is 0 Å². The fourth-order valence-corrected chi connectivity index (χ4v) is 4.16. The van der Waals surface area contributed by atoms with Crippen LogP contribution in [0.4, 0.5) is 0 Å². The van der Waals surface area contributed by atoms with Crippen molar-refractivity contribution in [3.05, 3.63) is 23.7 Å². The molecule has 0 aromatic carbocycles. The number of nitrogens with zero attached hydrogens (tertiary/aromatic N) is 2. The minimum atomic E-state index is -0.552. The van der Waals surface area contributed by atoms with E-state index in [0.717, 1.165) is 37.8 Å². The molecular weight excluding hydrogens is 469 g/mol. The molecule has 3 rings (SSSR count). The van der Waals surface area contributed by atoms with E-state index in [2.05, 4.69) is 20.5 Å². The van der Waals surface area contributed by atoms with E-state index < -0.39 is 5.91 Å². The molecule has 1 saturated heterocycles. The van der Waals surface area contributed by atoms with Gasteiger partial charge in [0.1, 0.15) is 5.76 Å². The zero-order chi connectivity index (χ0) is 19.1. The number of aliphatic imine (C=N–C) groups is 1. The molecule has 2 aliphatic rings. The first kappa shape index (κ1) is 23.0. The smallest absolute Gasteiger partial charge is 0.284 e. The molecule has 1 amide bonds. The lowest BCUT2D eigenvalue weighted by Crippen LogP contribution is -2.49. The lowest BCUT2D eigenvalue weighted by Gasteiger charge is -2.36. The Balaban J connectivity index is 0.00000280. The average molecular weight is 503 g/mol. The molecule has 2 fully saturated rings. The van der Waals surface area contributed by atoms with Gasteiger partial charge in [0.05, 0.1) is 6.54 Å². The van der Waals surface area contributed by atoms with E-state index in [1.165, 1.54) is 38.6 Å². The number of carbonyl (C=O) groups excluding carboxylic acids is 1. The molecule has 1 aliphatic carbocycles. The first-order chi connectivity index (χ1) is 13.1. The van der Waals surface area contributed by atoms with Crippen LogP contribution in [0.3, 0.4) is 0 Å². The van der Waals surface area contributed by atoms with Gasteiger partial charge in [-0.25, -0.2) is 0 Å². The molecule has 4 N–H and O–H groups in total. The van der Waals surface area contributed by atoms with Crippen LogP contribution < -0.4 is 16.4 Å². The fourth-order valence-electron chi connectivity index (χ4n) is 4.16. The van der Waals surface area contributed by atoms with Crippen molar-refractivity contribution in [2.75, 3.05) is 26.7 Å². The van der Waals surface area contributed by atoms with Gasteiger partial charge in [-0.05, 0) is 43.7 Å². The summed E-state index contributed by atoms with van der Waals surface area (Å²) >= 11 is 0. The first-order valence-electron chi connectivity index (χ1n) is 10.2. The molecule has 28 heavy (non-hydrogen) atoms. The zero-order valence-corrected chi connectivity index (χ0v) is 19.1. The SMILES string of the molecule is CN=C(NCc1ccc(C(N)=O)o1)NC1CCN(CC2CCCCC2)CC1.I. The van der Waals surface area contributed by atoms with Crippen LogP contribution in [-0.4, -0.2) is 49.5 Å². The van der Waals surface area contributed by atoms with Gasteiger partial charge < -0.3 is 25.7 Å². The van der Waals surface area contributed by atoms with Gasteiger partial charge in [-0.3, -0.25) is 9.79 Å². The number of halogens is 1. The standard InChI is InChI=1S/C20H33N5O2.HI/c1-22-20(23-13-17-7-8-18(27-17)19(21)26)24-16-9-11-25(12-10-16)14-15-5-3-2-4-6-15;/h7-8,15-16H,2-6,9-14H2,1H3,(H2,21,26)(H2,22,23,24);1H. The highest BCUT2D eigenvalue weighted by molar-refractivity contribution is 14.0. The number of hydrogen-bond donors (Lipinski definition) is 3. The maximum atomic E-state index is 11.1. The van der Waals surface area contributed by atoms with Crippen LogP contribution >= 0.6 is 24.0 Å². The number of rotatable bonds is 6. The minimum Gasteiger partial charge on any atom is -0.454 e. The number of nitrogens with one attached hydrogen (secondary N) is 2. The van der Waals surface area contributed by atoms with Crippen molar-refractivity contribution < 1.29 is 9.21 Å². The number of carbonyl (C=O) groups is 1. The Labute approximate surface area is 184 Å². The van der Waals surface area contributed by atoms with Crippen LogP contribution in [0.25, 0.3) is 0 Å². The highest BCUT2D eigenvalue weighted by atomic mass is 127. The highest BCUT2D eigenvalue weighted by Crippen LogP contribution is 2.25. The third kappa shape index (κ3) is 6.95. The maximum Gasteiger partial charge on any atom is 0.284 e. The quantitative estimate of drug-likeness (QED) is 0.315. The predicted molar refractivity (Wildman–Crippen MR) is 122 cm³/mol. The topological polar surface area (TPSA) is 95.9 Å². The third-order valence-corrected chi connectivity index (χ3v) is 5.73. The van der Waals surface area contributed by atoms with Crippen molar-refractivity contribution in [3.8, 4) is 0 Å². The molecule has 1 aliphatic heterocycles. The summed E-state index contributed by atoms with van der Waals surface area (Å²) < 4.78 is 5.39. The Hall–Kier alpha value is -1.29. The Bertz CT molecular complexity index is 634. The molecule has 158 valence electrons. The van der Waals surface area contributed by atoms with Gasteiger partial charge in [0, 0.05) is 32.7 Å². The zero-order valence-electron chi connectivity index (χ0n) is 16.8. The largest absolute Gasteiger partial charge is 0.454 e. The van der Waals surface area contributed by atoms with Gasteiger partial charge in [-0.1, -0.05) is 19.3 Å². The number of furan rings is 1. The maximum absolute atomic E-state index is 11.1. The third-order valence-electron chi connectivity index (χ3n) is 5.73. The summed E-state index contributed by atoms with van der Waals surface area (Å²) in [5, 5.41) is 6.75. The van der Waals surface area contributed by atoms with Gasteiger partial charge in [0.15, 0.2) is 11.7 Å². The number of nitrogens with two attached hydrogens (primary N) is 1. The molecule has 0 spiro atoms. The van der Waals surface area contributed by atoms with Crippen molar-refractivity contribution >= 4 is 35.8 Å². The molecule has 0 bridgehead atoms. The Morgan fingerprint density at radius 1 is 1.21 bits per heavy atom. The Morgan fingerprint density at radius 2 is 1.93 bits per heavy atom. The van der Waals surface area contributed by atoms with Crippen molar-refractivity contribution in [2.45, 2.75) is 57.5 Å². The van der Waals surface area contributed by atoms with E-state index in [0.29, 0.717) is 18.3 Å². The van der Waals surface area contributed by atoms with Crippen molar-refractivity contribution in [1.82, 2.24) is 15.5 Å². The van der Waals surface area contributed by atoms with E-state index >= 15 is 0 Å². The van der Waals surface area contributed by atoms with E-state index in [1.807, 2.05) is 0 Å². The van der Waals surface area contributed by atoms with Gasteiger partial charge in [0.25, 0.3) is 5.91 Å². The van der Waals surface area contributed by atoms with Gasteiger partial charge >= 0.3 is 0 Å². The molecule has 7 nitrogen and oxygen atoms in total. The van der Waals surface area contributed by atoms with Crippen LogP contribution in [0.1, 0.15) is 61.3 Å². The molecule has 0 unspecified atom stereocenters. The highest BCUT2D eigenvalue weighted by Gasteiger charge is 2.23. The summed E-state index contributed by atoms with van der Waals surface area (Å²) in [5.74, 6) is 1.96. The first-order valence-corrected chi connectivity index (χ1v) is 10.2. The second-order valence-electron chi connectivity index (χ2n) is 7.78. The van der Waals surface area contributed by atoms with E-state index in [-0.39, 0.29) is 29.7 Å². The molecule has 2 heterocycles. The second-order valence-corrected chi connectivity index (χ2v) is 7.78. The minimum absolute atomic E-state index is 0. The normalized spacial score (nSPS) is 19.8. The van der Waals surface area contributed by atoms with Crippen LogP contribution in [-0.2, 0) is 6.54 Å². The number of piperidine rings is 1. The summed E-state index contributed by atoms with van der Waals surface area (Å²) in [6.07, 6.45) is 9.37. The second kappa shape index (κ2) is 11.6. The van der Waals surface area contributed by atoms with Gasteiger partial charge in [-0.2, -0.15) is 0 Å². The van der Waals surface area contributed by atoms with Crippen molar-refractivity contribution in [2.24, 2.45) is 16.6 Å². The number of hydrogen-bond acceptors (Lipinski definition) is 4. The van der Waals surface area contributed by atoms with Crippen LogP contribution in [0.15, 0.2) is 21.5 Å². The molecule has 1 aromatic heterocycles. The Kier molecular flexibility index (Phi) is 9.57. The van der Waals surface area contributed by atoms with Crippen LogP contribution in [0, 0.1) is 5.92 Å². The number of amides is 1. The van der Waals surface area contributed by atoms with E-state index in [1.54, 1.807) is 19.2 Å². The molecular formula is C20H34IN5O2. The predicted octanol–water partition coefficient (Wildman–Crippen LogP) is 2.71. The molecule has 1 aromatic rings. The molecule has 1 saturated carbocycles. The van der Waals surface area contributed by atoms with Crippen molar-refractivity contribution in [3.63, 3.8) is 0 Å². The number of guanidine groups is 1. The summed E-state index contributed by atoms with van der Waals surface area (Å²) in [7, 11) is 1.77. The summed E-state index contributed by atoms with van der Waals surface area (Å²) in [4.78, 5) is 18.0. The summed E-state index contributed by atoms with van der Waals surface area (Å²) in [6.45, 7) is 4.06. The lowest BCUT2D eigenvalue weighted by molar-refractivity contribution is 0.0972. The van der Waals surface area contributed by atoms with E-state index in [4.69, 9.17) is 10.2 Å². The number of likely N-dealkylation sites (tertiary alicyclic amines) is 1. The average Bonchev–Trinajstić information content (AvgIpc) is 3.17. The lowest BCUT2D eigenvalue weighted by atomic mass is 9.88. The molecule has 8 heteroatoms. The summed E-state index contributed by atoms with van der Waals surface area (Å²) in [5.41, 5.74) is 5.21. The van der Waals surface area contributed by atoms with Crippen LogP contribution in [0.2, 0.25) is 0 Å². The summed E-state index contributed by atoms with van der Waals surface area (Å²) in [6, 6.07) is 3.79. The van der Waals surface area contributed by atoms with Gasteiger partial charge in [-0.15, -0.1) is 24.0 Å². The Morgan fingerprint density at radius 3 is 2.54 bits per heavy atom. The van der Waals surface area contributed by atoms with Gasteiger partial charge in [0.2, 0.25) is 0 Å². The number of primary amides is 1. The monoisotopic (exact) mass is 503 g/mol. The molecule has 0 atom stereocenters. The fraction of sp³-hybridized carbons (Fsp3) is 0.700. The van der Waals surface area contributed by atoms with Crippen LogP contribution in [0.5, 0.6) is 0 Å². The van der Waals surface area contributed by atoms with E-state index in [9.17, 15) is 4.79 Å². The molecule has 0 radical (unpaired) electrons.